The number of carbonyl (C=O) groups is 2. The summed E-state index contributed by atoms with van der Waals surface area (Å²) in [5.74, 6) is -0.118. The number of hydrogen-bond donors (Lipinski definition) is 1. The molecule has 1 aliphatic heterocycles. The second-order valence-electron chi connectivity index (χ2n) is 5.81. The summed E-state index contributed by atoms with van der Waals surface area (Å²) >= 11 is 0. The Hall–Kier alpha value is -3.16. The minimum Gasteiger partial charge on any atom is -0.491 e. The zero-order chi connectivity index (χ0) is 19.2. The van der Waals surface area contributed by atoms with Gasteiger partial charge in [-0.2, -0.15) is 8.78 Å². The Labute approximate surface area is 154 Å². The molecule has 1 heterocycles. The lowest BCUT2D eigenvalue weighted by Gasteiger charge is -2.21. The van der Waals surface area contributed by atoms with Gasteiger partial charge in [0.15, 0.2) is 0 Å². The molecule has 27 heavy (non-hydrogen) atoms. The zero-order valence-corrected chi connectivity index (χ0v) is 14.4. The molecule has 2 amide bonds. The molecule has 3 rings (SSSR count). The highest BCUT2D eigenvalue weighted by Crippen LogP contribution is 2.30. The van der Waals surface area contributed by atoms with E-state index >= 15 is 0 Å². The van der Waals surface area contributed by atoms with Gasteiger partial charge in [0.1, 0.15) is 18.0 Å². The van der Waals surface area contributed by atoms with E-state index in [4.69, 9.17) is 4.74 Å². The van der Waals surface area contributed by atoms with Gasteiger partial charge < -0.3 is 14.8 Å². The standard InChI is InChI=1S/C19H18F2N2O4/c20-19(21)27-15-7-3-1-5-13(15)11-22-17(24)12-23-14-6-2-4-8-16(14)26-10-9-18(23)25/h1-8,19H,9-12H2,(H,22,24). The molecule has 1 N–H and O–H groups in total. The number of ether oxygens (including phenoxy) is 2. The molecular formula is C19H18F2N2O4. The van der Waals surface area contributed by atoms with Crippen molar-refractivity contribution in [3.05, 3.63) is 54.1 Å². The number of nitrogens with zero attached hydrogens (tertiary/aromatic N) is 1. The molecule has 1 aliphatic rings. The van der Waals surface area contributed by atoms with Crippen LogP contribution >= 0.6 is 0 Å². The SMILES string of the molecule is O=C(CN1C(=O)CCOc2ccccc21)NCc1ccccc1OC(F)F. The number of alkyl halides is 2. The van der Waals surface area contributed by atoms with Crippen LogP contribution in [-0.2, 0) is 16.1 Å². The van der Waals surface area contributed by atoms with E-state index in [0.717, 1.165) is 0 Å². The number of rotatable bonds is 6. The molecule has 0 spiro atoms. The first-order chi connectivity index (χ1) is 13.0. The van der Waals surface area contributed by atoms with Crippen molar-refractivity contribution in [2.45, 2.75) is 19.6 Å². The Bertz CT molecular complexity index is 829. The van der Waals surface area contributed by atoms with Gasteiger partial charge in [-0.15, -0.1) is 0 Å². The summed E-state index contributed by atoms with van der Waals surface area (Å²) in [5, 5.41) is 2.63. The van der Waals surface area contributed by atoms with Crippen molar-refractivity contribution in [1.82, 2.24) is 5.32 Å². The molecule has 0 fully saturated rings. The Morgan fingerprint density at radius 1 is 1.19 bits per heavy atom. The van der Waals surface area contributed by atoms with Crippen LogP contribution in [0.15, 0.2) is 48.5 Å². The van der Waals surface area contributed by atoms with Crippen molar-refractivity contribution < 1.29 is 27.8 Å². The molecule has 142 valence electrons. The van der Waals surface area contributed by atoms with Crippen LogP contribution in [0.2, 0.25) is 0 Å². The van der Waals surface area contributed by atoms with E-state index < -0.39 is 12.5 Å². The van der Waals surface area contributed by atoms with Gasteiger partial charge in [-0.1, -0.05) is 30.3 Å². The third-order valence-corrected chi connectivity index (χ3v) is 4.00. The van der Waals surface area contributed by atoms with Gasteiger partial charge >= 0.3 is 6.61 Å². The molecule has 2 aromatic carbocycles. The summed E-state index contributed by atoms with van der Waals surface area (Å²) < 4.78 is 34.9. The van der Waals surface area contributed by atoms with Crippen LogP contribution in [0.4, 0.5) is 14.5 Å². The highest BCUT2D eigenvalue weighted by atomic mass is 19.3. The van der Waals surface area contributed by atoms with E-state index in [1.54, 1.807) is 42.5 Å². The van der Waals surface area contributed by atoms with Crippen LogP contribution in [0.1, 0.15) is 12.0 Å². The molecule has 0 atom stereocenters. The van der Waals surface area contributed by atoms with E-state index in [2.05, 4.69) is 10.1 Å². The third kappa shape index (κ3) is 4.72. The quantitative estimate of drug-likeness (QED) is 0.842. The van der Waals surface area contributed by atoms with Gasteiger partial charge in [-0.3, -0.25) is 14.5 Å². The van der Waals surface area contributed by atoms with Crippen molar-refractivity contribution in [3.63, 3.8) is 0 Å². The highest BCUT2D eigenvalue weighted by molar-refractivity contribution is 6.00. The van der Waals surface area contributed by atoms with Crippen molar-refractivity contribution in [2.24, 2.45) is 0 Å². The molecule has 8 heteroatoms. The molecule has 6 nitrogen and oxygen atoms in total. The maximum absolute atomic E-state index is 12.5. The predicted molar refractivity (Wildman–Crippen MR) is 93.8 cm³/mol. The Kier molecular flexibility index (Phi) is 5.85. The lowest BCUT2D eigenvalue weighted by atomic mass is 10.2. The Balaban J connectivity index is 1.67. The first-order valence-corrected chi connectivity index (χ1v) is 8.36. The van der Waals surface area contributed by atoms with E-state index in [1.807, 2.05) is 0 Å². The fraction of sp³-hybridized carbons (Fsp3) is 0.263. The lowest BCUT2D eigenvalue weighted by Crippen LogP contribution is -2.40. The number of fused-ring (bicyclic) bond motifs is 1. The van der Waals surface area contributed by atoms with Gasteiger partial charge in [0.2, 0.25) is 11.8 Å². The summed E-state index contributed by atoms with van der Waals surface area (Å²) in [6.45, 7) is -2.90. The summed E-state index contributed by atoms with van der Waals surface area (Å²) in [6.07, 6.45) is 0.160. The first-order valence-electron chi connectivity index (χ1n) is 8.36. The molecule has 0 radical (unpaired) electrons. The van der Waals surface area contributed by atoms with Gasteiger partial charge in [-0.25, -0.2) is 0 Å². The fourth-order valence-electron chi connectivity index (χ4n) is 2.75. The first kappa shape index (κ1) is 18.6. The van der Waals surface area contributed by atoms with Gasteiger partial charge in [-0.05, 0) is 18.2 Å². The van der Waals surface area contributed by atoms with E-state index in [9.17, 15) is 18.4 Å². The Morgan fingerprint density at radius 3 is 2.74 bits per heavy atom. The van der Waals surface area contributed by atoms with Crippen LogP contribution in [0, 0.1) is 0 Å². The van der Waals surface area contributed by atoms with Crippen LogP contribution < -0.4 is 19.7 Å². The van der Waals surface area contributed by atoms with E-state index in [-0.39, 0.29) is 37.8 Å². The van der Waals surface area contributed by atoms with Crippen LogP contribution in [0.3, 0.4) is 0 Å². The van der Waals surface area contributed by atoms with E-state index in [1.165, 1.54) is 11.0 Å². The number of anilines is 1. The highest BCUT2D eigenvalue weighted by Gasteiger charge is 2.25. The number of benzene rings is 2. The topological polar surface area (TPSA) is 67.9 Å². The summed E-state index contributed by atoms with van der Waals surface area (Å²) in [7, 11) is 0. The van der Waals surface area contributed by atoms with Crippen LogP contribution in [-0.4, -0.2) is 31.6 Å². The molecule has 0 unspecified atom stereocenters. The van der Waals surface area contributed by atoms with Crippen molar-refractivity contribution in [2.75, 3.05) is 18.1 Å². The summed E-state index contributed by atoms with van der Waals surface area (Å²) in [5.41, 5.74) is 0.939. The van der Waals surface area contributed by atoms with Crippen LogP contribution in [0.25, 0.3) is 0 Å². The second kappa shape index (κ2) is 8.48. The van der Waals surface area contributed by atoms with Gasteiger partial charge in [0, 0.05) is 12.1 Å². The number of hydrogen-bond acceptors (Lipinski definition) is 4. The molecule has 0 aliphatic carbocycles. The number of nitrogens with one attached hydrogen (secondary N) is 1. The Morgan fingerprint density at radius 2 is 1.93 bits per heavy atom. The number of para-hydroxylation sites is 3. The molecule has 2 aromatic rings. The predicted octanol–water partition coefficient (Wildman–Crippen LogP) is 2.72. The minimum absolute atomic E-state index is 0.00189. The molecule has 0 saturated carbocycles. The fourth-order valence-corrected chi connectivity index (χ4v) is 2.75. The largest absolute Gasteiger partial charge is 0.491 e. The average Bonchev–Trinajstić information content (AvgIpc) is 2.80. The van der Waals surface area contributed by atoms with E-state index in [0.29, 0.717) is 17.0 Å². The normalized spacial score (nSPS) is 13.6. The zero-order valence-electron chi connectivity index (χ0n) is 14.4. The number of halogens is 2. The monoisotopic (exact) mass is 376 g/mol. The maximum atomic E-state index is 12.5. The van der Waals surface area contributed by atoms with Crippen molar-refractivity contribution in [3.8, 4) is 11.5 Å². The molecule has 0 aromatic heterocycles. The smallest absolute Gasteiger partial charge is 0.387 e. The lowest BCUT2D eigenvalue weighted by molar-refractivity contribution is -0.124. The maximum Gasteiger partial charge on any atom is 0.387 e. The van der Waals surface area contributed by atoms with Gasteiger partial charge in [0.25, 0.3) is 0 Å². The van der Waals surface area contributed by atoms with Crippen molar-refractivity contribution in [1.29, 1.82) is 0 Å². The second-order valence-corrected chi connectivity index (χ2v) is 5.81. The van der Waals surface area contributed by atoms with Crippen LogP contribution in [0.5, 0.6) is 11.5 Å². The average molecular weight is 376 g/mol. The molecule has 0 saturated heterocycles. The minimum atomic E-state index is -2.95. The summed E-state index contributed by atoms with van der Waals surface area (Å²) in [4.78, 5) is 26.0. The van der Waals surface area contributed by atoms with Crippen molar-refractivity contribution >= 4 is 17.5 Å². The molecular weight excluding hydrogens is 358 g/mol. The number of amides is 2. The third-order valence-electron chi connectivity index (χ3n) is 4.00. The molecule has 0 bridgehead atoms. The van der Waals surface area contributed by atoms with Gasteiger partial charge in [0.05, 0.1) is 18.7 Å². The summed E-state index contributed by atoms with van der Waals surface area (Å²) in [6, 6.07) is 13.2. The number of carbonyl (C=O) groups excluding carboxylic acids is 2.